The SMILES string of the molecule is CCNC(=NCC(O)COc1cccc(Cl)c1Cl)NC1CCN(CC(N)=O)CC1. The summed E-state index contributed by atoms with van der Waals surface area (Å²) < 4.78 is 5.55. The van der Waals surface area contributed by atoms with Crippen molar-refractivity contribution in [1.29, 1.82) is 0 Å². The van der Waals surface area contributed by atoms with Crippen LogP contribution in [0.2, 0.25) is 10.0 Å². The molecule has 5 N–H and O–H groups in total. The number of primary amides is 1. The number of hydrogen-bond acceptors (Lipinski definition) is 5. The van der Waals surface area contributed by atoms with Crippen LogP contribution in [0.1, 0.15) is 19.8 Å². The zero-order valence-corrected chi connectivity index (χ0v) is 18.0. The highest BCUT2D eigenvalue weighted by Gasteiger charge is 2.21. The third-order valence-corrected chi connectivity index (χ3v) is 5.26. The summed E-state index contributed by atoms with van der Waals surface area (Å²) in [6.07, 6.45) is 0.977. The zero-order valence-electron chi connectivity index (χ0n) is 16.5. The van der Waals surface area contributed by atoms with Crippen LogP contribution >= 0.6 is 23.2 Å². The number of nitrogens with two attached hydrogens (primary N) is 1. The first kappa shape index (κ1) is 23.5. The number of amides is 1. The molecule has 1 aromatic rings. The molecule has 1 amide bonds. The van der Waals surface area contributed by atoms with Crippen molar-refractivity contribution in [3.8, 4) is 5.75 Å². The minimum atomic E-state index is -0.794. The van der Waals surface area contributed by atoms with Gasteiger partial charge in [0.1, 0.15) is 23.5 Å². The van der Waals surface area contributed by atoms with E-state index in [0.717, 1.165) is 25.9 Å². The third kappa shape index (κ3) is 8.26. The van der Waals surface area contributed by atoms with E-state index in [-0.39, 0.29) is 25.1 Å². The number of halogens is 2. The summed E-state index contributed by atoms with van der Waals surface area (Å²) in [4.78, 5) is 17.5. The first-order valence-electron chi connectivity index (χ1n) is 9.69. The number of hydrogen-bond donors (Lipinski definition) is 4. The highest BCUT2D eigenvalue weighted by atomic mass is 35.5. The number of nitrogens with one attached hydrogen (secondary N) is 2. The zero-order chi connectivity index (χ0) is 21.2. The molecule has 2 rings (SSSR count). The Morgan fingerprint density at radius 3 is 2.79 bits per heavy atom. The number of carbonyl (C=O) groups excluding carboxylic acids is 1. The number of nitrogens with zero attached hydrogens (tertiary/aromatic N) is 2. The van der Waals surface area contributed by atoms with Crippen LogP contribution < -0.4 is 21.1 Å². The molecule has 8 nitrogen and oxygen atoms in total. The lowest BCUT2D eigenvalue weighted by molar-refractivity contribution is -0.119. The fourth-order valence-electron chi connectivity index (χ4n) is 3.00. The summed E-state index contributed by atoms with van der Waals surface area (Å²) in [5.74, 6) is 0.761. The number of aliphatic imine (C=N–C) groups is 1. The quantitative estimate of drug-likeness (QED) is 0.336. The van der Waals surface area contributed by atoms with E-state index in [4.69, 9.17) is 33.7 Å². The summed E-state index contributed by atoms with van der Waals surface area (Å²) in [5, 5.41) is 17.5. The predicted octanol–water partition coefficient (Wildman–Crippen LogP) is 1.24. The molecule has 29 heavy (non-hydrogen) atoms. The van der Waals surface area contributed by atoms with Gasteiger partial charge in [-0.25, -0.2) is 0 Å². The summed E-state index contributed by atoms with van der Waals surface area (Å²) in [5.41, 5.74) is 5.25. The molecule has 0 saturated carbocycles. The Kier molecular flexibility index (Phi) is 9.80. The van der Waals surface area contributed by atoms with E-state index in [2.05, 4.69) is 15.6 Å². The number of rotatable bonds is 9. The predicted molar refractivity (Wildman–Crippen MR) is 116 cm³/mol. The van der Waals surface area contributed by atoms with Gasteiger partial charge in [0.15, 0.2) is 5.96 Å². The summed E-state index contributed by atoms with van der Waals surface area (Å²) >= 11 is 12.0. The van der Waals surface area contributed by atoms with Gasteiger partial charge in [0.25, 0.3) is 0 Å². The minimum Gasteiger partial charge on any atom is -0.489 e. The van der Waals surface area contributed by atoms with Gasteiger partial charge < -0.3 is 26.2 Å². The Hall–Kier alpha value is -1.74. The van der Waals surface area contributed by atoms with E-state index in [1.165, 1.54) is 0 Å². The van der Waals surface area contributed by atoms with Crippen LogP contribution in [0.15, 0.2) is 23.2 Å². The number of aliphatic hydroxyl groups excluding tert-OH is 1. The highest BCUT2D eigenvalue weighted by molar-refractivity contribution is 6.42. The van der Waals surface area contributed by atoms with Crippen LogP contribution in [-0.2, 0) is 4.79 Å². The minimum absolute atomic E-state index is 0.0501. The van der Waals surface area contributed by atoms with E-state index in [1.54, 1.807) is 18.2 Å². The van der Waals surface area contributed by atoms with E-state index < -0.39 is 6.10 Å². The van der Waals surface area contributed by atoms with E-state index in [0.29, 0.717) is 34.8 Å². The highest BCUT2D eigenvalue weighted by Crippen LogP contribution is 2.31. The topological polar surface area (TPSA) is 112 Å². The largest absolute Gasteiger partial charge is 0.489 e. The van der Waals surface area contributed by atoms with Gasteiger partial charge >= 0.3 is 0 Å². The molecule has 0 aliphatic carbocycles. The number of carbonyl (C=O) groups is 1. The van der Waals surface area contributed by atoms with Gasteiger partial charge in [0.05, 0.1) is 18.1 Å². The molecule has 0 bridgehead atoms. The van der Waals surface area contributed by atoms with E-state index >= 15 is 0 Å². The lowest BCUT2D eigenvalue weighted by Gasteiger charge is -2.32. The van der Waals surface area contributed by atoms with Gasteiger partial charge in [-0.3, -0.25) is 14.7 Å². The summed E-state index contributed by atoms with van der Waals surface area (Å²) in [6.45, 7) is 4.81. The van der Waals surface area contributed by atoms with Crippen molar-refractivity contribution in [2.75, 3.05) is 39.3 Å². The average molecular weight is 446 g/mol. The lowest BCUT2D eigenvalue weighted by Crippen LogP contribution is -2.50. The van der Waals surface area contributed by atoms with E-state index in [9.17, 15) is 9.90 Å². The second-order valence-electron chi connectivity index (χ2n) is 6.90. The smallest absolute Gasteiger partial charge is 0.231 e. The van der Waals surface area contributed by atoms with Crippen molar-refractivity contribution in [1.82, 2.24) is 15.5 Å². The van der Waals surface area contributed by atoms with Crippen LogP contribution in [-0.4, -0.2) is 73.3 Å². The van der Waals surface area contributed by atoms with Gasteiger partial charge in [0.2, 0.25) is 5.91 Å². The van der Waals surface area contributed by atoms with Crippen molar-refractivity contribution < 1.29 is 14.6 Å². The molecule has 0 spiro atoms. The van der Waals surface area contributed by atoms with Crippen molar-refractivity contribution in [2.45, 2.75) is 31.9 Å². The number of benzene rings is 1. The molecular formula is C19H29Cl2N5O3. The second-order valence-corrected chi connectivity index (χ2v) is 7.68. The van der Waals surface area contributed by atoms with Crippen molar-refractivity contribution in [3.63, 3.8) is 0 Å². The Bertz CT molecular complexity index is 696. The van der Waals surface area contributed by atoms with Crippen LogP contribution in [0.3, 0.4) is 0 Å². The third-order valence-electron chi connectivity index (χ3n) is 4.46. The molecule has 1 atom stereocenters. The second kappa shape index (κ2) is 12.1. The monoisotopic (exact) mass is 445 g/mol. The van der Waals surface area contributed by atoms with Gasteiger partial charge in [-0.1, -0.05) is 29.3 Å². The van der Waals surface area contributed by atoms with Gasteiger partial charge in [-0.15, -0.1) is 0 Å². The molecule has 1 saturated heterocycles. The Labute approximate surface area is 181 Å². The maximum atomic E-state index is 11.0. The van der Waals surface area contributed by atoms with Crippen molar-refractivity contribution >= 4 is 35.1 Å². The number of guanidine groups is 1. The standard InChI is InChI=1S/C19H29Cl2N5O3/c1-2-23-19(25-13-6-8-26(9-7-13)11-17(22)28)24-10-14(27)12-29-16-5-3-4-15(20)18(16)21/h3-5,13-14,27H,2,6-12H2,1H3,(H2,22,28)(H2,23,24,25). The fraction of sp³-hybridized carbons (Fsp3) is 0.579. The fourth-order valence-corrected chi connectivity index (χ4v) is 3.35. The first-order chi connectivity index (χ1) is 13.9. The average Bonchev–Trinajstić information content (AvgIpc) is 2.68. The molecule has 0 aromatic heterocycles. The Balaban J connectivity index is 1.80. The lowest BCUT2D eigenvalue weighted by atomic mass is 10.1. The van der Waals surface area contributed by atoms with Crippen LogP contribution in [0.4, 0.5) is 0 Å². The number of aliphatic hydroxyl groups is 1. The molecule has 1 unspecified atom stereocenters. The van der Waals surface area contributed by atoms with Crippen LogP contribution in [0, 0.1) is 0 Å². The van der Waals surface area contributed by atoms with Crippen LogP contribution in [0.5, 0.6) is 5.75 Å². The van der Waals surface area contributed by atoms with Gasteiger partial charge in [0, 0.05) is 25.7 Å². The van der Waals surface area contributed by atoms with Gasteiger partial charge in [-0.2, -0.15) is 0 Å². The first-order valence-corrected chi connectivity index (χ1v) is 10.4. The molecule has 1 heterocycles. The summed E-state index contributed by atoms with van der Waals surface area (Å²) in [7, 11) is 0. The molecular weight excluding hydrogens is 417 g/mol. The van der Waals surface area contributed by atoms with Crippen LogP contribution in [0.25, 0.3) is 0 Å². The van der Waals surface area contributed by atoms with Gasteiger partial charge in [-0.05, 0) is 31.9 Å². The van der Waals surface area contributed by atoms with Crippen molar-refractivity contribution in [2.24, 2.45) is 10.7 Å². The summed E-state index contributed by atoms with van der Waals surface area (Å²) in [6, 6.07) is 5.34. The molecule has 10 heteroatoms. The van der Waals surface area contributed by atoms with Crippen molar-refractivity contribution in [3.05, 3.63) is 28.2 Å². The molecule has 0 radical (unpaired) electrons. The number of piperidine rings is 1. The maximum absolute atomic E-state index is 11.0. The molecule has 1 aliphatic rings. The normalized spacial score (nSPS) is 17.0. The molecule has 1 fully saturated rings. The Morgan fingerprint density at radius 2 is 2.14 bits per heavy atom. The molecule has 1 aromatic carbocycles. The maximum Gasteiger partial charge on any atom is 0.231 e. The number of ether oxygens (including phenoxy) is 1. The van der Waals surface area contributed by atoms with E-state index in [1.807, 2.05) is 11.8 Å². The molecule has 1 aliphatic heterocycles. The Morgan fingerprint density at radius 1 is 1.41 bits per heavy atom. The molecule has 162 valence electrons. The number of likely N-dealkylation sites (tertiary alicyclic amines) is 1.